The Balaban J connectivity index is 2.12. The minimum Gasteiger partial charge on any atom is -0.480 e. The van der Waals surface area contributed by atoms with Crippen LogP contribution < -0.4 is 0 Å². The number of hydrogen-bond acceptors (Lipinski definition) is 3. The summed E-state index contributed by atoms with van der Waals surface area (Å²) < 4.78 is 0. The Kier molecular flexibility index (Phi) is 3.81. The van der Waals surface area contributed by atoms with Gasteiger partial charge in [0, 0.05) is 18.8 Å². The second kappa shape index (κ2) is 5.16. The number of nitrogens with zero attached hydrogens (tertiary/aromatic N) is 2. The zero-order valence-corrected chi connectivity index (χ0v) is 10.8. The fraction of sp³-hybridized carbons (Fsp3) is 0.818. The topological polar surface area (TPSA) is 60.9 Å². The van der Waals surface area contributed by atoms with Crippen LogP contribution in [-0.2, 0) is 4.79 Å². The molecule has 2 amide bonds. The van der Waals surface area contributed by atoms with Gasteiger partial charge in [0.25, 0.3) is 0 Å². The largest absolute Gasteiger partial charge is 0.480 e. The van der Waals surface area contributed by atoms with E-state index >= 15 is 0 Å². The zero-order valence-electron chi connectivity index (χ0n) is 9.96. The number of amides is 2. The lowest BCUT2D eigenvalue weighted by Gasteiger charge is -2.30. The van der Waals surface area contributed by atoms with Gasteiger partial charge in [-0.3, -0.25) is 4.90 Å². The molecule has 0 aromatic rings. The summed E-state index contributed by atoms with van der Waals surface area (Å²) in [7, 11) is 0. The van der Waals surface area contributed by atoms with E-state index in [9.17, 15) is 9.59 Å². The SMILES string of the molecule is CCC1SCC(C(=O)O)N1C(=O)N1CCCC1. The Bertz CT molecular complexity index is 318. The maximum atomic E-state index is 12.3. The van der Waals surface area contributed by atoms with E-state index in [1.807, 2.05) is 6.92 Å². The van der Waals surface area contributed by atoms with Crippen molar-refractivity contribution in [1.82, 2.24) is 9.80 Å². The van der Waals surface area contributed by atoms with Gasteiger partial charge in [0.05, 0.1) is 5.37 Å². The molecule has 2 atom stereocenters. The average molecular weight is 258 g/mol. The van der Waals surface area contributed by atoms with Gasteiger partial charge in [0.1, 0.15) is 6.04 Å². The first-order chi connectivity index (χ1) is 8.15. The van der Waals surface area contributed by atoms with Crippen LogP contribution in [0.15, 0.2) is 0 Å². The summed E-state index contributed by atoms with van der Waals surface area (Å²) >= 11 is 1.57. The Morgan fingerprint density at radius 3 is 2.53 bits per heavy atom. The highest BCUT2D eigenvalue weighted by Gasteiger charge is 2.42. The average Bonchev–Trinajstić information content (AvgIpc) is 2.96. The first-order valence-corrected chi connectivity index (χ1v) is 7.11. The molecule has 2 saturated heterocycles. The lowest BCUT2D eigenvalue weighted by atomic mass is 10.2. The first-order valence-electron chi connectivity index (χ1n) is 6.06. The number of thioether (sulfide) groups is 1. The van der Waals surface area contributed by atoms with Gasteiger partial charge in [-0.05, 0) is 19.3 Å². The highest BCUT2D eigenvalue weighted by atomic mass is 32.2. The van der Waals surface area contributed by atoms with Gasteiger partial charge in [-0.1, -0.05) is 6.92 Å². The van der Waals surface area contributed by atoms with Crippen molar-refractivity contribution in [3.05, 3.63) is 0 Å². The number of rotatable bonds is 2. The fourth-order valence-electron chi connectivity index (χ4n) is 2.40. The minimum absolute atomic E-state index is 0.0178. The van der Waals surface area contributed by atoms with E-state index in [0.717, 1.165) is 32.4 Å². The van der Waals surface area contributed by atoms with Gasteiger partial charge >= 0.3 is 12.0 Å². The molecule has 0 aromatic carbocycles. The number of carbonyl (C=O) groups is 2. The molecule has 17 heavy (non-hydrogen) atoms. The number of aliphatic carboxylic acids is 1. The monoisotopic (exact) mass is 258 g/mol. The van der Waals surface area contributed by atoms with Crippen LogP contribution in [0.2, 0.25) is 0 Å². The standard InChI is InChI=1S/C11H18N2O3S/c1-2-9-13(8(7-17-9)10(14)15)11(16)12-5-3-4-6-12/h8-9H,2-7H2,1H3,(H,14,15). The van der Waals surface area contributed by atoms with Crippen LogP contribution in [-0.4, -0.2) is 57.2 Å². The van der Waals surface area contributed by atoms with Crippen LogP contribution in [0.3, 0.4) is 0 Å². The molecule has 6 heteroatoms. The minimum atomic E-state index is -0.888. The fourth-order valence-corrected chi connectivity index (χ4v) is 3.74. The maximum absolute atomic E-state index is 12.3. The molecule has 0 aromatic heterocycles. The van der Waals surface area contributed by atoms with Crippen LogP contribution in [0, 0.1) is 0 Å². The highest BCUT2D eigenvalue weighted by Crippen LogP contribution is 2.32. The van der Waals surface area contributed by atoms with E-state index in [-0.39, 0.29) is 11.4 Å². The molecule has 0 radical (unpaired) electrons. The highest BCUT2D eigenvalue weighted by molar-refractivity contribution is 8.00. The number of carbonyl (C=O) groups excluding carboxylic acids is 1. The first kappa shape index (κ1) is 12.5. The van der Waals surface area contributed by atoms with E-state index in [2.05, 4.69) is 0 Å². The summed E-state index contributed by atoms with van der Waals surface area (Å²) in [6.45, 7) is 3.53. The van der Waals surface area contributed by atoms with Crippen LogP contribution in [0.5, 0.6) is 0 Å². The van der Waals surface area contributed by atoms with Crippen LogP contribution in [0.4, 0.5) is 4.79 Å². The number of carboxylic acids is 1. The summed E-state index contributed by atoms with van der Waals surface area (Å²) in [5.74, 6) is -0.381. The Hall–Kier alpha value is -0.910. The van der Waals surface area contributed by atoms with Gasteiger partial charge < -0.3 is 10.0 Å². The quantitative estimate of drug-likeness (QED) is 0.814. The predicted molar refractivity (Wildman–Crippen MR) is 66.0 cm³/mol. The lowest BCUT2D eigenvalue weighted by Crippen LogP contribution is -2.50. The van der Waals surface area contributed by atoms with Crippen LogP contribution >= 0.6 is 11.8 Å². The Morgan fingerprint density at radius 1 is 1.35 bits per heavy atom. The van der Waals surface area contributed by atoms with Gasteiger partial charge in [-0.25, -0.2) is 9.59 Å². The zero-order chi connectivity index (χ0) is 12.4. The smallest absolute Gasteiger partial charge is 0.327 e. The van der Waals surface area contributed by atoms with E-state index in [1.54, 1.807) is 21.6 Å². The number of hydrogen-bond donors (Lipinski definition) is 1. The number of likely N-dealkylation sites (tertiary alicyclic amines) is 1. The van der Waals surface area contributed by atoms with Crippen molar-refractivity contribution in [2.24, 2.45) is 0 Å². The summed E-state index contributed by atoms with van der Waals surface area (Å²) in [6, 6.07) is -0.746. The molecule has 5 nitrogen and oxygen atoms in total. The van der Waals surface area contributed by atoms with Gasteiger partial charge in [-0.2, -0.15) is 0 Å². The maximum Gasteiger partial charge on any atom is 0.327 e. The van der Waals surface area contributed by atoms with Crippen molar-refractivity contribution in [2.75, 3.05) is 18.8 Å². The third kappa shape index (κ3) is 2.36. The molecular weight excluding hydrogens is 240 g/mol. The van der Waals surface area contributed by atoms with Crippen LogP contribution in [0.1, 0.15) is 26.2 Å². The molecule has 2 aliphatic heterocycles. The molecule has 2 fully saturated rings. The Morgan fingerprint density at radius 2 is 2.00 bits per heavy atom. The summed E-state index contributed by atoms with van der Waals surface area (Å²) in [6.07, 6.45) is 2.86. The van der Waals surface area contributed by atoms with Crippen molar-refractivity contribution in [2.45, 2.75) is 37.6 Å². The van der Waals surface area contributed by atoms with Crippen molar-refractivity contribution < 1.29 is 14.7 Å². The summed E-state index contributed by atoms with van der Waals surface area (Å²) in [4.78, 5) is 26.8. The molecule has 1 N–H and O–H groups in total. The number of urea groups is 1. The molecule has 0 spiro atoms. The summed E-state index contributed by atoms with van der Waals surface area (Å²) in [5, 5.41) is 9.18. The molecule has 0 aliphatic carbocycles. The van der Waals surface area contributed by atoms with Gasteiger partial charge in [0.15, 0.2) is 0 Å². The van der Waals surface area contributed by atoms with E-state index in [4.69, 9.17) is 5.11 Å². The van der Waals surface area contributed by atoms with E-state index in [1.165, 1.54) is 0 Å². The Labute approximate surface area is 105 Å². The molecule has 96 valence electrons. The molecule has 2 rings (SSSR count). The molecule has 2 heterocycles. The van der Waals surface area contributed by atoms with Crippen molar-refractivity contribution >= 4 is 23.8 Å². The normalized spacial score (nSPS) is 28.8. The molecule has 0 bridgehead atoms. The van der Waals surface area contributed by atoms with Crippen molar-refractivity contribution in [3.8, 4) is 0 Å². The van der Waals surface area contributed by atoms with Gasteiger partial charge in [0.2, 0.25) is 0 Å². The third-order valence-corrected chi connectivity index (χ3v) is 4.78. The second-order valence-electron chi connectivity index (χ2n) is 4.43. The lowest BCUT2D eigenvalue weighted by molar-refractivity contribution is -0.141. The van der Waals surface area contributed by atoms with Crippen LogP contribution in [0.25, 0.3) is 0 Å². The molecule has 2 aliphatic rings. The predicted octanol–water partition coefficient (Wildman–Crippen LogP) is 1.44. The molecular formula is C11H18N2O3S. The van der Waals surface area contributed by atoms with E-state index in [0.29, 0.717) is 5.75 Å². The molecule has 2 unspecified atom stereocenters. The van der Waals surface area contributed by atoms with Crippen molar-refractivity contribution in [1.29, 1.82) is 0 Å². The number of carboxylic acid groups (broad SMARTS) is 1. The second-order valence-corrected chi connectivity index (χ2v) is 5.65. The van der Waals surface area contributed by atoms with Crippen molar-refractivity contribution in [3.63, 3.8) is 0 Å². The molecule has 0 saturated carbocycles. The van der Waals surface area contributed by atoms with E-state index < -0.39 is 12.0 Å². The van der Waals surface area contributed by atoms with Gasteiger partial charge in [-0.15, -0.1) is 11.8 Å². The third-order valence-electron chi connectivity index (χ3n) is 3.32. The summed E-state index contributed by atoms with van der Waals surface area (Å²) in [5.41, 5.74) is 0.